The number of nitrogens with zero attached hydrogens (tertiary/aromatic N) is 6. The number of rotatable bonds is 17. The van der Waals surface area contributed by atoms with E-state index in [1.54, 1.807) is 46.9 Å². The van der Waals surface area contributed by atoms with E-state index in [0.717, 1.165) is 43.3 Å². The van der Waals surface area contributed by atoms with Crippen LogP contribution >= 0.6 is 22.7 Å². The van der Waals surface area contributed by atoms with Gasteiger partial charge in [0.15, 0.2) is 0 Å². The molecule has 9 rings (SSSR count). The number of hydrogen-bond donors (Lipinski definition) is 6. The number of carbonyl (C=O) groups excluding carboxylic acids is 4. The van der Waals surface area contributed by atoms with E-state index >= 15 is 0 Å². The van der Waals surface area contributed by atoms with Crippen LogP contribution in [-0.4, -0.2) is 130 Å². The molecule has 72 heavy (non-hydrogen) atoms. The molecule has 2 saturated heterocycles. The number of thiazole rings is 2. The molecule has 6 aromatic rings. The summed E-state index contributed by atoms with van der Waals surface area (Å²) >= 11 is 3.00. The first-order chi connectivity index (χ1) is 34.5. The van der Waals surface area contributed by atoms with Crippen LogP contribution in [0.4, 0.5) is 0 Å². The Kier molecular flexibility index (Phi) is 14.9. The molecule has 3 aliphatic heterocycles. The molecule has 6 heterocycles. The summed E-state index contributed by atoms with van der Waals surface area (Å²) in [5.41, 5.74) is 8.98. The van der Waals surface area contributed by atoms with Crippen molar-refractivity contribution in [2.45, 2.75) is 115 Å². The number of β-amino-alcohol motifs (C(OH)–C–C–N with tert-alkyl or cyclic N) is 2. The number of aryl methyl sites for hydroxylation is 2. The molecule has 3 aliphatic rings. The van der Waals surface area contributed by atoms with Crippen LogP contribution in [0.3, 0.4) is 0 Å². The molecule has 0 aliphatic carbocycles. The molecule has 0 bridgehead atoms. The third kappa shape index (κ3) is 10.2. The number of likely N-dealkylation sites (tertiary alicyclic amines) is 2. The first-order valence-corrected chi connectivity index (χ1v) is 25.9. The average molecular weight is 1020 g/mol. The van der Waals surface area contributed by atoms with Gasteiger partial charge in [-0.2, -0.15) is 0 Å². The van der Waals surface area contributed by atoms with Gasteiger partial charge in [0.1, 0.15) is 29.7 Å². The second kappa shape index (κ2) is 21.1. The Bertz CT molecular complexity index is 2920. The van der Waals surface area contributed by atoms with Gasteiger partial charge in [-0.25, -0.2) is 9.97 Å². The molecule has 378 valence electrons. The summed E-state index contributed by atoms with van der Waals surface area (Å²) < 4.78 is 5.82. The van der Waals surface area contributed by atoms with Crippen LogP contribution in [-0.2, 0) is 34.0 Å². The largest absolute Gasteiger partial charge is 0.393 e. The van der Waals surface area contributed by atoms with E-state index in [4.69, 9.17) is 9.51 Å². The monoisotopic (exact) mass is 1020 g/mol. The second-order valence-corrected chi connectivity index (χ2v) is 21.4. The minimum atomic E-state index is -1.70. The summed E-state index contributed by atoms with van der Waals surface area (Å²) in [7, 11) is 0. The van der Waals surface area contributed by atoms with Gasteiger partial charge in [-0.05, 0) is 60.1 Å². The molecule has 2 unspecified atom stereocenters. The van der Waals surface area contributed by atoms with Crippen LogP contribution in [0.25, 0.3) is 20.9 Å². The molecule has 0 radical (unpaired) electrons. The lowest BCUT2D eigenvalue weighted by atomic mass is 9.85. The van der Waals surface area contributed by atoms with Crippen LogP contribution in [0.15, 0.2) is 94.4 Å². The molecule has 3 aromatic heterocycles. The number of hydrogen-bond acceptors (Lipinski definition) is 15. The van der Waals surface area contributed by atoms with E-state index in [1.807, 2.05) is 93.9 Å². The number of amides is 4. The van der Waals surface area contributed by atoms with Crippen LogP contribution in [0.2, 0.25) is 0 Å². The Morgan fingerprint density at radius 1 is 0.875 bits per heavy atom. The van der Waals surface area contributed by atoms with Gasteiger partial charge in [-0.1, -0.05) is 92.7 Å². The molecule has 0 saturated carbocycles. The van der Waals surface area contributed by atoms with Crippen molar-refractivity contribution in [2.75, 3.05) is 19.7 Å². The predicted molar refractivity (Wildman–Crippen MR) is 270 cm³/mol. The number of aromatic nitrogens is 3. The molecule has 19 heteroatoms. The van der Waals surface area contributed by atoms with E-state index in [0.29, 0.717) is 22.7 Å². The number of aliphatic hydroxyl groups is 4. The Hall–Kier alpha value is -6.19. The predicted octanol–water partition coefficient (Wildman–Crippen LogP) is 5.12. The smallest absolute Gasteiger partial charge is 0.255 e. The van der Waals surface area contributed by atoms with E-state index in [-0.39, 0.29) is 63.3 Å². The standard InChI is InChI=1S/C53H60N8O9S2/c1-29(2)45(60-23-37-8-6-7-9-39(37)50(60)66)52(68)61-25-53(69,26-62)20-41(61)49(65)55-22-34-12-16-36(17-13-34)47-44(57-28-72-47)31(4)43(42-18-30(3)58-70-42)51(67)59-24-38(63)19-40(59)48(64)54-21-33-10-14-35(15-11-33)46-32(5)56-27-71-46/h6-18,27-29,31,38,40-41,43,45,51,62-63,67,69H,19-26H2,1-5H3,(H,54,64)(H,55,65)/t31?,38-,40+,41+,43-,45+,51?,53+/m1/s1. The van der Waals surface area contributed by atoms with E-state index in [1.165, 1.54) is 21.1 Å². The molecular weight excluding hydrogens is 957 g/mol. The zero-order valence-electron chi connectivity index (χ0n) is 40.8. The molecule has 3 aromatic carbocycles. The van der Waals surface area contributed by atoms with Crippen molar-refractivity contribution in [3.63, 3.8) is 0 Å². The lowest BCUT2D eigenvalue weighted by Crippen LogP contribution is -2.55. The van der Waals surface area contributed by atoms with E-state index in [2.05, 4.69) is 20.8 Å². The highest BCUT2D eigenvalue weighted by molar-refractivity contribution is 7.13. The fourth-order valence-electron chi connectivity index (χ4n) is 10.5. The summed E-state index contributed by atoms with van der Waals surface area (Å²) in [6, 6.07) is 21.7. The van der Waals surface area contributed by atoms with Crippen molar-refractivity contribution in [3.8, 4) is 20.9 Å². The van der Waals surface area contributed by atoms with Gasteiger partial charge in [0.05, 0.1) is 69.1 Å². The fraction of sp³-hybridized carbons (Fsp3) is 0.415. The number of aliphatic hydroxyl groups excluding tert-OH is 3. The van der Waals surface area contributed by atoms with Gasteiger partial charge in [-0.3, -0.25) is 24.1 Å². The zero-order chi connectivity index (χ0) is 51.0. The van der Waals surface area contributed by atoms with Gasteiger partial charge in [0.2, 0.25) is 17.7 Å². The Balaban J connectivity index is 0.871. The van der Waals surface area contributed by atoms with Gasteiger partial charge in [-0.15, -0.1) is 22.7 Å². The third-order valence-corrected chi connectivity index (χ3v) is 16.2. The van der Waals surface area contributed by atoms with Gasteiger partial charge < -0.3 is 45.4 Å². The average Bonchev–Trinajstić information content (AvgIpc) is 4.26. The summed E-state index contributed by atoms with van der Waals surface area (Å²) in [5.74, 6) is -2.69. The maximum absolute atomic E-state index is 14.4. The normalized spacial score (nSPS) is 21.8. The minimum Gasteiger partial charge on any atom is -0.393 e. The Morgan fingerprint density at radius 3 is 2.10 bits per heavy atom. The molecule has 6 N–H and O–H groups in total. The van der Waals surface area contributed by atoms with Gasteiger partial charge >= 0.3 is 0 Å². The first-order valence-electron chi connectivity index (χ1n) is 24.2. The minimum absolute atomic E-state index is 0.0606. The highest BCUT2D eigenvalue weighted by Gasteiger charge is 2.51. The van der Waals surface area contributed by atoms with Crippen LogP contribution in [0.1, 0.15) is 95.3 Å². The maximum atomic E-state index is 14.4. The number of carbonyl (C=O) groups is 4. The van der Waals surface area contributed by atoms with E-state index < -0.39 is 66.3 Å². The van der Waals surface area contributed by atoms with Crippen LogP contribution in [0, 0.1) is 19.8 Å². The number of nitrogens with one attached hydrogen (secondary N) is 2. The molecule has 8 atom stereocenters. The lowest BCUT2D eigenvalue weighted by Gasteiger charge is -2.35. The molecule has 2 fully saturated rings. The zero-order valence-corrected chi connectivity index (χ0v) is 42.4. The maximum Gasteiger partial charge on any atom is 0.255 e. The van der Waals surface area contributed by atoms with Crippen molar-refractivity contribution in [1.82, 2.24) is 40.5 Å². The number of benzene rings is 3. The summed E-state index contributed by atoms with van der Waals surface area (Å²) in [5, 5.41) is 54.8. The highest BCUT2D eigenvalue weighted by Crippen LogP contribution is 2.43. The summed E-state index contributed by atoms with van der Waals surface area (Å²) in [6.45, 7) is 9.13. The quantitative estimate of drug-likeness (QED) is 0.0698. The van der Waals surface area contributed by atoms with E-state index in [9.17, 15) is 39.6 Å². The first kappa shape index (κ1) is 50.7. The highest BCUT2D eigenvalue weighted by atomic mass is 32.1. The fourth-order valence-corrected chi connectivity index (χ4v) is 12.2. The molecule has 0 spiro atoms. The van der Waals surface area contributed by atoms with Gasteiger partial charge in [0.25, 0.3) is 5.91 Å². The second-order valence-electron chi connectivity index (χ2n) is 19.7. The molecule has 17 nitrogen and oxygen atoms in total. The summed E-state index contributed by atoms with van der Waals surface area (Å²) in [4.78, 5) is 71.3. The molecular formula is C53H60N8O9S2. The lowest BCUT2D eigenvalue weighted by molar-refractivity contribution is -0.143. The number of fused-ring (bicyclic) bond motifs is 1. The van der Waals surface area contributed by atoms with Crippen molar-refractivity contribution < 1.29 is 44.1 Å². The Labute approximate surface area is 425 Å². The Morgan fingerprint density at radius 2 is 1.50 bits per heavy atom. The van der Waals surface area contributed by atoms with Gasteiger partial charge in [0, 0.05) is 50.1 Å². The summed E-state index contributed by atoms with van der Waals surface area (Å²) in [6.07, 6.45) is -2.17. The van der Waals surface area contributed by atoms with Crippen molar-refractivity contribution in [2.24, 2.45) is 5.92 Å². The molecule has 4 amide bonds. The van der Waals surface area contributed by atoms with Crippen molar-refractivity contribution >= 4 is 46.3 Å². The van der Waals surface area contributed by atoms with Crippen molar-refractivity contribution in [1.29, 1.82) is 0 Å². The third-order valence-electron chi connectivity index (χ3n) is 14.3. The van der Waals surface area contributed by atoms with Crippen molar-refractivity contribution in [3.05, 3.63) is 135 Å². The SMILES string of the molecule is Cc1cc([C@@H](C(C)c2ncsc2-c2ccc(CNC(=O)[C@@H]3C[C@@](O)(CO)CN3C(=O)[C@H](C(C)C)N3Cc4ccccc4C3=O)cc2)C(O)N2C[C@H](O)C[C@H]2C(=O)NCc2ccc(-c3scnc3C)cc2)on1. The van der Waals surface area contributed by atoms with Crippen LogP contribution < -0.4 is 10.6 Å². The topological polar surface area (TPSA) is 235 Å². The van der Waals surface area contributed by atoms with Crippen LogP contribution in [0.5, 0.6) is 0 Å².